The van der Waals surface area contributed by atoms with Gasteiger partial charge in [-0.25, -0.2) is 0 Å². The van der Waals surface area contributed by atoms with Crippen molar-refractivity contribution in [3.8, 4) is 0 Å². The second kappa shape index (κ2) is 3.14. The Hall–Kier alpha value is -1.39. The third kappa shape index (κ3) is 2.03. The Morgan fingerprint density at radius 2 is 2.64 bits per heavy atom. The van der Waals surface area contributed by atoms with Crippen molar-refractivity contribution in [3.05, 3.63) is 6.20 Å². The van der Waals surface area contributed by atoms with Crippen LogP contribution in [0.1, 0.15) is 6.92 Å². The maximum atomic E-state index is 10.2. The highest BCUT2D eigenvalue weighted by Gasteiger charge is 2.02. The van der Waals surface area contributed by atoms with Gasteiger partial charge in [0.2, 0.25) is 0 Å². The first-order valence-electron chi connectivity index (χ1n) is 3.33. The first-order valence-corrected chi connectivity index (χ1v) is 3.33. The molecule has 0 amide bonds. The summed E-state index contributed by atoms with van der Waals surface area (Å²) in [5, 5.41) is 7.65. The van der Waals surface area contributed by atoms with Gasteiger partial charge >= 0.3 is 0 Å². The van der Waals surface area contributed by atoms with Crippen molar-refractivity contribution in [1.29, 1.82) is 0 Å². The lowest BCUT2D eigenvalue weighted by Crippen LogP contribution is -2.11. The second-order valence-electron chi connectivity index (χ2n) is 2.44. The molecule has 1 heterocycles. The van der Waals surface area contributed by atoms with E-state index in [2.05, 4.69) is 10.2 Å². The number of carbonyl (C=O) groups excluding carboxylic acids is 1. The number of anilines is 1. The third-order valence-corrected chi connectivity index (χ3v) is 1.24. The Balaban J connectivity index is 2.57. The van der Waals surface area contributed by atoms with Crippen LogP contribution in [0.25, 0.3) is 0 Å². The number of aldehydes is 1. The van der Waals surface area contributed by atoms with E-state index in [-0.39, 0.29) is 5.92 Å². The smallest absolute Gasteiger partial charge is 0.165 e. The molecule has 0 aliphatic carbocycles. The predicted molar refractivity (Wildman–Crippen MR) is 39.7 cm³/mol. The molecule has 0 aliphatic heterocycles. The molecule has 11 heavy (non-hydrogen) atoms. The lowest BCUT2D eigenvalue weighted by atomic mass is 10.2. The SMILES string of the molecule is CC(C=O)Cn1ncc(N)n1. The molecule has 5 heteroatoms. The summed E-state index contributed by atoms with van der Waals surface area (Å²) < 4.78 is 0. The molecule has 1 aromatic heterocycles. The molecule has 60 valence electrons. The first-order chi connectivity index (χ1) is 5.22. The molecule has 0 radical (unpaired) electrons. The summed E-state index contributed by atoms with van der Waals surface area (Å²) in [4.78, 5) is 11.6. The van der Waals surface area contributed by atoms with Gasteiger partial charge in [-0.05, 0) is 0 Å². The molecular weight excluding hydrogens is 144 g/mol. The zero-order valence-corrected chi connectivity index (χ0v) is 6.27. The van der Waals surface area contributed by atoms with Crippen LogP contribution < -0.4 is 5.73 Å². The van der Waals surface area contributed by atoms with Gasteiger partial charge in [-0.1, -0.05) is 6.92 Å². The van der Waals surface area contributed by atoms with Crippen LogP contribution in [0.3, 0.4) is 0 Å². The molecule has 0 saturated carbocycles. The topological polar surface area (TPSA) is 73.8 Å². The Labute approximate surface area is 64.2 Å². The maximum absolute atomic E-state index is 10.2. The number of nitrogens with two attached hydrogens (primary N) is 1. The molecule has 0 aliphatic rings. The van der Waals surface area contributed by atoms with Crippen molar-refractivity contribution in [1.82, 2.24) is 15.0 Å². The Kier molecular flexibility index (Phi) is 2.20. The minimum Gasteiger partial charge on any atom is -0.381 e. The highest BCUT2D eigenvalue weighted by Crippen LogP contribution is 1.96. The molecule has 0 saturated heterocycles. The van der Waals surface area contributed by atoms with Crippen molar-refractivity contribution in [2.75, 3.05) is 5.73 Å². The standard InChI is InChI=1S/C6H10N4O/c1-5(4-11)3-10-8-2-6(7)9-10/h2,4-5H,3H2,1H3,(H2,7,9). The number of aromatic nitrogens is 3. The number of hydrogen-bond acceptors (Lipinski definition) is 4. The zero-order chi connectivity index (χ0) is 8.27. The fraction of sp³-hybridized carbons (Fsp3) is 0.500. The monoisotopic (exact) mass is 154 g/mol. The predicted octanol–water partition coefficient (Wildman–Crippen LogP) is -0.305. The van der Waals surface area contributed by atoms with Crippen LogP contribution in [0.4, 0.5) is 5.82 Å². The molecule has 1 unspecified atom stereocenters. The summed E-state index contributed by atoms with van der Waals surface area (Å²) in [5.41, 5.74) is 5.31. The van der Waals surface area contributed by atoms with Gasteiger partial charge in [0.25, 0.3) is 0 Å². The van der Waals surface area contributed by atoms with Crippen molar-refractivity contribution in [2.45, 2.75) is 13.5 Å². The average molecular weight is 154 g/mol. The van der Waals surface area contributed by atoms with Gasteiger partial charge < -0.3 is 10.5 Å². The van der Waals surface area contributed by atoms with Crippen molar-refractivity contribution in [2.24, 2.45) is 5.92 Å². The normalized spacial score (nSPS) is 12.8. The van der Waals surface area contributed by atoms with Gasteiger partial charge in [-0.15, -0.1) is 5.10 Å². The molecule has 0 aromatic carbocycles. The summed E-state index contributed by atoms with van der Waals surface area (Å²) in [6, 6.07) is 0. The molecule has 0 spiro atoms. The van der Waals surface area contributed by atoms with Gasteiger partial charge in [0, 0.05) is 5.92 Å². The molecule has 1 rings (SSSR count). The maximum Gasteiger partial charge on any atom is 0.165 e. The van der Waals surface area contributed by atoms with E-state index in [0.29, 0.717) is 12.4 Å². The van der Waals surface area contributed by atoms with Crippen LogP contribution in [0.5, 0.6) is 0 Å². The summed E-state index contributed by atoms with van der Waals surface area (Å²) in [5.74, 6) is 0.310. The summed E-state index contributed by atoms with van der Waals surface area (Å²) in [6.45, 7) is 2.28. The fourth-order valence-corrected chi connectivity index (χ4v) is 0.699. The van der Waals surface area contributed by atoms with Crippen LogP contribution >= 0.6 is 0 Å². The van der Waals surface area contributed by atoms with E-state index in [9.17, 15) is 4.79 Å². The number of nitrogens with zero attached hydrogens (tertiary/aromatic N) is 3. The van der Waals surface area contributed by atoms with Crippen LogP contribution in [0.15, 0.2) is 6.20 Å². The molecule has 5 nitrogen and oxygen atoms in total. The highest BCUT2D eigenvalue weighted by molar-refractivity contribution is 5.52. The summed E-state index contributed by atoms with van der Waals surface area (Å²) in [6.07, 6.45) is 2.32. The number of nitrogen functional groups attached to an aromatic ring is 1. The number of hydrogen-bond donors (Lipinski definition) is 1. The van der Waals surface area contributed by atoms with Crippen molar-refractivity contribution < 1.29 is 4.79 Å². The summed E-state index contributed by atoms with van der Waals surface area (Å²) in [7, 11) is 0. The van der Waals surface area contributed by atoms with Gasteiger partial charge in [0.15, 0.2) is 5.82 Å². The van der Waals surface area contributed by atoms with Gasteiger partial charge in [0.05, 0.1) is 12.7 Å². The highest BCUT2D eigenvalue weighted by atomic mass is 16.1. The van der Waals surface area contributed by atoms with E-state index in [1.54, 1.807) is 6.92 Å². The fourth-order valence-electron chi connectivity index (χ4n) is 0.699. The number of carbonyl (C=O) groups is 1. The minimum absolute atomic E-state index is 0.0678. The quantitative estimate of drug-likeness (QED) is 0.606. The Morgan fingerprint density at radius 1 is 1.91 bits per heavy atom. The Bertz CT molecular complexity index is 244. The van der Waals surface area contributed by atoms with Gasteiger partial charge in [-0.3, -0.25) is 0 Å². The minimum atomic E-state index is -0.0678. The lowest BCUT2D eigenvalue weighted by Gasteiger charge is -1.99. The first kappa shape index (κ1) is 7.71. The van der Waals surface area contributed by atoms with Crippen LogP contribution in [0, 0.1) is 5.92 Å². The van der Waals surface area contributed by atoms with Gasteiger partial charge in [-0.2, -0.15) is 9.90 Å². The molecule has 0 bridgehead atoms. The number of rotatable bonds is 3. The molecule has 1 aromatic rings. The Morgan fingerprint density at radius 3 is 3.09 bits per heavy atom. The lowest BCUT2D eigenvalue weighted by molar-refractivity contribution is -0.111. The van der Waals surface area contributed by atoms with E-state index >= 15 is 0 Å². The second-order valence-corrected chi connectivity index (χ2v) is 2.44. The van der Waals surface area contributed by atoms with E-state index in [4.69, 9.17) is 5.73 Å². The van der Waals surface area contributed by atoms with Crippen molar-refractivity contribution in [3.63, 3.8) is 0 Å². The van der Waals surface area contributed by atoms with Crippen molar-refractivity contribution >= 4 is 12.1 Å². The van der Waals surface area contributed by atoms with Gasteiger partial charge in [0.1, 0.15) is 6.29 Å². The molecule has 2 N–H and O–H groups in total. The molecule has 0 fully saturated rings. The van der Waals surface area contributed by atoms with Crippen LogP contribution in [-0.4, -0.2) is 21.3 Å². The van der Waals surface area contributed by atoms with E-state index < -0.39 is 0 Å². The van der Waals surface area contributed by atoms with E-state index in [1.165, 1.54) is 11.0 Å². The van der Waals surface area contributed by atoms with Crippen LogP contribution in [0.2, 0.25) is 0 Å². The average Bonchev–Trinajstić information content (AvgIpc) is 2.35. The third-order valence-electron chi connectivity index (χ3n) is 1.24. The van der Waals surface area contributed by atoms with E-state index in [1.807, 2.05) is 0 Å². The zero-order valence-electron chi connectivity index (χ0n) is 6.27. The molecular formula is C6H10N4O. The largest absolute Gasteiger partial charge is 0.381 e. The molecule has 1 atom stereocenters. The van der Waals surface area contributed by atoms with E-state index in [0.717, 1.165) is 6.29 Å². The van der Waals surface area contributed by atoms with Crippen LogP contribution in [-0.2, 0) is 11.3 Å². The summed E-state index contributed by atoms with van der Waals surface area (Å²) >= 11 is 0.